The lowest BCUT2D eigenvalue weighted by atomic mass is 10.1. The molecule has 1 unspecified atom stereocenters. The number of hydrogen-bond acceptors (Lipinski definition) is 4. The molecule has 0 bridgehead atoms. The van der Waals surface area contributed by atoms with E-state index in [9.17, 15) is 8.78 Å². The third kappa shape index (κ3) is 3.77. The highest BCUT2D eigenvalue weighted by atomic mass is 19.3. The van der Waals surface area contributed by atoms with Crippen molar-refractivity contribution >= 4 is 0 Å². The van der Waals surface area contributed by atoms with Gasteiger partial charge in [0.1, 0.15) is 17.6 Å². The van der Waals surface area contributed by atoms with E-state index in [-0.39, 0.29) is 11.8 Å². The summed E-state index contributed by atoms with van der Waals surface area (Å²) in [5.41, 5.74) is 3.53. The average molecular weight is 296 g/mol. The van der Waals surface area contributed by atoms with Gasteiger partial charge in [0.05, 0.1) is 0 Å². The van der Waals surface area contributed by atoms with Gasteiger partial charge in [-0.15, -0.1) is 0 Å². The van der Waals surface area contributed by atoms with Gasteiger partial charge in [-0.1, -0.05) is 19.1 Å². The first-order valence-electron chi connectivity index (χ1n) is 6.67. The summed E-state index contributed by atoms with van der Waals surface area (Å²) in [5.74, 6) is 6.52. The van der Waals surface area contributed by atoms with Gasteiger partial charge in [0.25, 0.3) is 0 Å². The minimum Gasteiger partial charge on any atom is -0.435 e. The lowest BCUT2D eigenvalue weighted by Gasteiger charge is -2.18. The molecule has 5 nitrogen and oxygen atoms in total. The van der Waals surface area contributed by atoms with Crippen LogP contribution in [0.15, 0.2) is 36.7 Å². The van der Waals surface area contributed by atoms with Gasteiger partial charge in [0.15, 0.2) is 0 Å². The van der Waals surface area contributed by atoms with Crippen LogP contribution in [0.2, 0.25) is 0 Å². The molecular formula is C14H18F2N4O. The number of alkyl halides is 2. The fourth-order valence-electron chi connectivity index (χ4n) is 2.17. The molecule has 3 N–H and O–H groups in total. The monoisotopic (exact) mass is 296 g/mol. The number of hydrazine groups is 1. The van der Waals surface area contributed by atoms with Crippen molar-refractivity contribution in [1.29, 1.82) is 0 Å². The minimum atomic E-state index is -2.83. The number of rotatable bonds is 7. The smallest absolute Gasteiger partial charge is 0.387 e. The Balaban J connectivity index is 2.22. The van der Waals surface area contributed by atoms with Crippen LogP contribution in [0.3, 0.4) is 0 Å². The Bertz CT molecular complexity index is 556. The molecule has 7 heteroatoms. The van der Waals surface area contributed by atoms with E-state index in [1.807, 2.05) is 10.8 Å². The molecular weight excluding hydrogens is 278 g/mol. The first-order chi connectivity index (χ1) is 10.2. The third-order valence-corrected chi connectivity index (χ3v) is 3.08. The highest BCUT2D eigenvalue weighted by Crippen LogP contribution is 2.23. The van der Waals surface area contributed by atoms with Crippen LogP contribution in [0.25, 0.3) is 0 Å². The number of benzene rings is 1. The van der Waals surface area contributed by atoms with Crippen LogP contribution >= 0.6 is 0 Å². The molecule has 1 aromatic carbocycles. The van der Waals surface area contributed by atoms with Crippen LogP contribution in [-0.2, 0) is 6.54 Å². The van der Waals surface area contributed by atoms with E-state index >= 15 is 0 Å². The fraction of sp³-hybridized carbons (Fsp3) is 0.357. The van der Waals surface area contributed by atoms with Crippen LogP contribution in [0.4, 0.5) is 8.78 Å². The summed E-state index contributed by atoms with van der Waals surface area (Å²) in [7, 11) is 0. The molecule has 0 radical (unpaired) electrons. The number of nitrogens with one attached hydrogen (secondary N) is 1. The number of nitrogens with two attached hydrogens (primary N) is 1. The van der Waals surface area contributed by atoms with Crippen LogP contribution in [0.1, 0.15) is 30.8 Å². The Kier molecular flexibility index (Phi) is 5.24. The van der Waals surface area contributed by atoms with Crippen LogP contribution in [0.5, 0.6) is 5.75 Å². The van der Waals surface area contributed by atoms with Crippen molar-refractivity contribution in [2.75, 3.05) is 0 Å². The standard InChI is InChI=1S/C14H18F2N4O/c1-2-8-20-9-7-18-13(20)12(19-17)10-3-5-11(6-4-10)21-14(15)16/h3-7,9,12,14,19H,2,8,17H2,1H3. The maximum atomic E-state index is 12.1. The molecule has 0 aliphatic heterocycles. The van der Waals surface area contributed by atoms with Crippen LogP contribution in [-0.4, -0.2) is 16.2 Å². The van der Waals surface area contributed by atoms with Gasteiger partial charge in [0.2, 0.25) is 0 Å². The van der Waals surface area contributed by atoms with Crippen molar-refractivity contribution in [3.05, 3.63) is 48.0 Å². The second-order valence-corrected chi connectivity index (χ2v) is 4.53. The Hall–Kier alpha value is -1.99. The maximum Gasteiger partial charge on any atom is 0.387 e. The maximum absolute atomic E-state index is 12.1. The summed E-state index contributed by atoms with van der Waals surface area (Å²) in [6.07, 6.45) is 4.57. The van der Waals surface area contributed by atoms with E-state index in [1.54, 1.807) is 18.3 Å². The first-order valence-corrected chi connectivity index (χ1v) is 6.67. The molecule has 0 saturated carbocycles. The quantitative estimate of drug-likeness (QED) is 0.608. The number of aryl methyl sites for hydroxylation is 1. The molecule has 1 aromatic heterocycles. The van der Waals surface area contributed by atoms with E-state index in [1.165, 1.54) is 12.1 Å². The minimum absolute atomic E-state index is 0.112. The Morgan fingerprint density at radius 1 is 1.33 bits per heavy atom. The lowest BCUT2D eigenvalue weighted by molar-refractivity contribution is -0.0498. The molecule has 0 amide bonds. The number of imidazole rings is 1. The summed E-state index contributed by atoms with van der Waals surface area (Å²) >= 11 is 0. The molecule has 1 atom stereocenters. The summed E-state index contributed by atoms with van der Waals surface area (Å²) in [6.45, 7) is 0.0772. The molecule has 0 spiro atoms. The molecule has 2 aromatic rings. The predicted octanol–water partition coefficient (Wildman–Crippen LogP) is 2.45. The molecule has 2 rings (SSSR count). The first kappa shape index (κ1) is 15.4. The van der Waals surface area contributed by atoms with Crippen molar-refractivity contribution in [2.45, 2.75) is 32.5 Å². The van der Waals surface area contributed by atoms with Gasteiger partial charge in [-0.3, -0.25) is 5.84 Å². The Labute approximate surface area is 121 Å². The van der Waals surface area contributed by atoms with Gasteiger partial charge in [0, 0.05) is 18.9 Å². The van der Waals surface area contributed by atoms with Gasteiger partial charge in [-0.25, -0.2) is 10.4 Å². The second-order valence-electron chi connectivity index (χ2n) is 4.53. The van der Waals surface area contributed by atoms with E-state index in [0.29, 0.717) is 0 Å². The van der Waals surface area contributed by atoms with Crippen LogP contribution in [0, 0.1) is 0 Å². The number of aromatic nitrogens is 2. The number of halogens is 2. The SMILES string of the molecule is CCCn1ccnc1C(NN)c1ccc(OC(F)F)cc1. The van der Waals surface area contributed by atoms with E-state index in [0.717, 1.165) is 24.4 Å². The zero-order valence-electron chi connectivity index (χ0n) is 11.7. The van der Waals surface area contributed by atoms with Gasteiger partial charge < -0.3 is 9.30 Å². The summed E-state index contributed by atoms with van der Waals surface area (Å²) < 4.78 is 30.6. The molecule has 114 valence electrons. The molecule has 0 aliphatic carbocycles. The van der Waals surface area contributed by atoms with Crippen molar-refractivity contribution in [1.82, 2.24) is 15.0 Å². The topological polar surface area (TPSA) is 65.1 Å². The van der Waals surface area contributed by atoms with Crippen molar-refractivity contribution < 1.29 is 13.5 Å². The van der Waals surface area contributed by atoms with Crippen molar-refractivity contribution in [3.63, 3.8) is 0 Å². The van der Waals surface area contributed by atoms with E-state index in [2.05, 4.69) is 22.1 Å². The molecule has 1 heterocycles. The van der Waals surface area contributed by atoms with Crippen LogP contribution < -0.4 is 16.0 Å². The van der Waals surface area contributed by atoms with Gasteiger partial charge >= 0.3 is 6.61 Å². The van der Waals surface area contributed by atoms with E-state index < -0.39 is 6.61 Å². The summed E-state index contributed by atoms with van der Waals surface area (Å²) in [6, 6.07) is 6.03. The van der Waals surface area contributed by atoms with Gasteiger partial charge in [-0.2, -0.15) is 8.78 Å². The normalized spacial score (nSPS) is 12.6. The molecule has 0 saturated heterocycles. The highest BCUT2D eigenvalue weighted by molar-refractivity contribution is 5.32. The number of nitrogens with zero attached hydrogens (tertiary/aromatic N) is 2. The largest absolute Gasteiger partial charge is 0.435 e. The number of ether oxygens (including phenoxy) is 1. The van der Waals surface area contributed by atoms with Crippen molar-refractivity contribution in [3.8, 4) is 5.75 Å². The molecule has 21 heavy (non-hydrogen) atoms. The summed E-state index contributed by atoms with van der Waals surface area (Å²) in [4.78, 5) is 4.32. The zero-order valence-corrected chi connectivity index (χ0v) is 11.7. The van der Waals surface area contributed by atoms with E-state index in [4.69, 9.17) is 5.84 Å². The second kappa shape index (κ2) is 7.14. The summed E-state index contributed by atoms with van der Waals surface area (Å²) in [5, 5.41) is 0. The number of hydrogen-bond donors (Lipinski definition) is 2. The highest BCUT2D eigenvalue weighted by Gasteiger charge is 2.18. The molecule has 0 aliphatic rings. The van der Waals surface area contributed by atoms with Crippen molar-refractivity contribution in [2.24, 2.45) is 5.84 Å². The predicted molar refractivity (Wildman–Crippen MR) is 74.8 cm³/mol. The average Bonchev–Trinajstić information content (AvgIpc) is 2.90. The zero-order chi connectivity index (χ0) is 15.2. The third-order valence-electron chi connectivity index (χ3n) is 3.08. The Morgan fingerprint density at radius 3 is 2.62 bits per heavy atom. The fourth-order valence-corrected chi connectivity index (χ4v) is 2.17. The van der Waals surface area contributed by atoms with Gasteiger partial charge in [-0.05, 0) is 24.1 Å². The lowest BCUT2D eigenvalue weighted by Crippen LogP contribution is -2.31. The Morgan fingerprint density at radius 2 is 2.05 bits per heavy atom. The molecule has 0 fully saturated rings.